The van der Waals surface area contributed by atoms with Gasteiger partial charge in [0.15, 0.2) is 6.61 Å². The fourth-order valence-electron chi connectivity index (χ4n) is 1.88. The average molecular weight is 347 g/mol. The van der Waals surface area contributed by atoms with Crippen molar-refractivity contribution in [2.24, 2.45) is 0 Å². The Morgan fingerprint density at radius 2 is 2.00 bits per heavy atom. The van der Waals surface area contributed by atoms with Crippen LogP contribution < -0.4 is 4.74 Å². The van der Waals surface area contributed by atoms with Gasteiger partial charge in [-0.25, -0.2) is 0 Å². The van der Waals surface area contributed by atoms with Crippen LogP contribution in [0.3, 0.4) is 0 Å². The van der Waals surface area contributed by atoms with Crippen LogP contribution in [0.25, 0.3) is 10.8 Å². The Morgan fingerprint density at radius 3 is 2.76 bits per heavy atom. The van der Waals surface area contributed by atoms with Gasteiger partial charge in [-0.05, 0) is 35.0 Å². The van der Waals surface area contributed by atoms with E-state index in [1.54, 1.807) is 7.05 Å². The molecule has 0 fully saturated rings. The Morgan fingerprint density at radius 1 is 1.29 bits per heavy atom. The zero-order chi connectivity index (χ0) is 15.2. The maximum absolute atomic E-state index is 11.8. The number of fused-ring (bicyclic) bond motifs is 1. The molecule has 0 bridgehead atoms. The van der Waals surface area contributed by atoms with E-state index in [1.807, 2.05) is 42.5 Å². The number of amides is 1. The number of hydrogen-bond acceptors (Lipinski definition) is 3. The van der Waals surface area contributed by atoms with Crippen LogP contribution in [0.5, 0.6) is 5.75 Å². The molecule has 1 amide bonds. The molecular formula is C16H15BrN2O2. The third-order valence-electron chi connectivity index (χ3n) is 3.12. The minimum atomic E-state index is -0.138. The number of benzene rings is 2. The molecule has 2 aromatic rings. The number of ether oxygens (including phenoxy) is 1. The second-order valence-corrected chi connectivity index (χ2v) is 5.58. The van der Waals surface area contributed by atoms with Gasteiger partial charge < -0.3 is 9.64 Å². The standard InChI is InChI=1S/C16H15BrN2O2/c1-19(8-2-7-18)16(20)11-21-15-6-4-12-9-14(17)5-3-13(12)10-15/h3-6,9-10H,2,8,11H2,1H3. The van der Waals surface area contributed by atoms with E-state index in [9.17, 15) is 4.79 Å². The summed E-state index contributed by atoms with van der Waals surface area (Å²) < 4.78 is 6.55. The van der Waals surface area contributed by atoms with Gasteiger partial charge in [0, 0.05) is 18.1 Å². The molecule has 0 atom stereocenters. The maximum atomic E-state index is 11.8. The number of likely N-dealkylation sites (N-methyl/N-ethyl adjacent to an activating group) is 1. The summed E-state index contributed by atoms with van der Waals surface area (Å²) in [5, 5.41) is 10.7. The molecule has 0 aromatic heterocycles. The van der Waals surface area contributed by atoms with E-state index in [0.717, 1.165) is 15.2 Å². The van der Waals surface area contributed by atoms with Gasteiger partial charge in [0.05, 0.1) is 12.5 Å². The number of nitriles is 1. The SMILES string of the molecule is CN(CCC#N)C(=O)COc1ccc2cc(Br)ccc2c1. The Bertz CT molecular complexity index is 694. The van der Waals surface area contributed by atoms with Gasteiger partial charge in [-0.2, -0.15) is 5.26 Å². The molecule has 4 nitrogen and oxygen atoms in total. The summed E-state index contributed by atoms with van der Waals surface area (Å²) in [6, 6.07) is 13.7. The molecule has 0 saturated carbocycles. The normalized spacial score (nSPS) is 10.1. The van der Waals surface area contributed by atoms with Gasteiger partial charge >= 0.3 is 0 Å². The molecule has 2 aromatic carbocycles. The van der Waals surface area contributed by atoms with Gasteiger partial charge in [0.25, 0.3) is 5.91 Å². The quantitative estimate of drug-likeness (QED) is 0.834. The van der Waals surface area contributed by atoms with Crippen LogP contribution in [0.15, 0.2) is 40.9 Å². The maximum Gasteiger partial charge on any atom is 0.260 e. The van der Waals surface area contributed by atoms with Crippen LogP contribution in [0.4, 0.5) is 0 Å². The highest BCUT2D eigenvalue weighted by Gasteiger charge is 2.09. The molecule has 0 N–H and O–H groups in total. The third kappa shape index (κ3) is 4.20. The van der Waals surface area contributed by atoms with Crippen molar-refractivity contribution in [3.05, 3.63) is 40.9 Å². The molecule has 0 unspecified atom stereocenters. The topological polar surface area (TPSA) is 53.3 Å². The number of carbonyl (C=O) groups excluding carboxylic acids is 1. The van der Waals surface area contributed by atoms with Crippen LogP contribution in [0, 0.1) is 11.3 Å². The Hall–Kier alpha value is -2.06. The Labute approximate surface area is 132 Å². The van der Waals surface area contributed by atoms with Crippen molar-refractivity contribution in [3.63, 3.8) is 0 Å². The van der Waals surface area contributed by atoms with E-state index < -0.39 is 0 Å². The lowest BCUT2D eigenvalue weighted by molar-refractivity contribution is -0.131. The fraction of sp³-hybridized carbons (Fsp3) is 0.250. The summed E-state index contributed by atoms with van der Waals surface area (Å²) >= 11 is 3.43. The summed E-state index contributed by atoms with van der Waals surface area (Å²) in [6.07, 6.45) is 0.326. The highest BCUT2D eigenvalue weighted by molar-refractivity contribution is 9.10. The summed E-state index contributed by atoms with van der Waals surface area (Å²) in [4.78, 5) is 13.3. The highest BCUT2D eigenvalue weighted by atomic mass is 79.9. The molecule has 0 aliphatic carbocycles. The van der Waals surface area contributed by atoms with Gasteiger partial charge in [-0.15, -0.1) is 0 Å². The van der Waals surface area contributed by atoms with Crippen LogP contribution in [-0.2, 0) is 4.79 Å². The van der Waals surface area contributed by atoms with Gasteiger partial charge in [0.2, 0.25) is 0 Å². The van der Waals surface area contributed by atoms with Crippen LogP contribution in [0.2, 0.25) is 0 Å². The minimum Gasteiger partial charge on any atom is -0.484 e. The zero-order valence-electron chi connectivity index (χ0n) is 11.7. The summed E-state index contributed by atoms with van der Waals surface area (Å²) in [5.74, 6) is 0.521. The number of nitrogens with zero attached hydrogens (tertiary/aromatic N) is 2. The molecule has 0 heterocycles. The van der Waals surface area contributed by atoms with Crippen LogP contribution >= 0.6 is 15.9 Å². The predicted octanol–water partition coefficient (Wildman–Crippen LogP) is 3.35. The molecule has 0 saturated heterocycles. The smallest absolute Gasteiger partial charge is 0.260 e. The average Bonchev–Trinajstić information content (AvgIpc) is 2.50. The summed E-state index contributed by atoms with van der Waals surface area (Å²) in [6.45, 7) is 0.397. The van der Waals surface area contributed by atoms with Crippen molar-refractivity contribution in [1.29, 1.82) is 5.26 Å². The lowest BCUT2D eigenvalue weighted by Gasteiger charge is -2.15. The van der Waals surface area contributed by atoms with E-state index in [2.05, 4.69) is 15.9 Å². The number of rotatable bonds is 5. The first-order chi connectivity index (χ1) is 10.1. The Kier molecular flexibility index (Phi) is 5.18. The van der Waals surface area contributed by atoms with E-state index in [0.29, 0.717) is 18.7 Å². The highest BCUT2D eigenvalue weighted by Crippen LogP contribution is 2.24. The summed E-state index contributed by atoms with van der Waals surface area (Å²) in [7, 11) is 1.67. The van der Waals surface area contributed by atoms with Crippen molar-refractivity contribution in [1.82, 2.24) is 4.90 Å². The molecular weight excluding hydrogens is 332 g/mol. The second-order valence-electron chi connectivity index (χ2n) is 4.67. The van der Waals surface area contributed by atoms with E-state index in [4.69, 9.17) is 10.00 Å². The largest absolute Gasteiger partial charge is 0.484 e. The molecule has 0 radical (unpaired) electrons. The first kappa shape index (κ1) is 15.3. The van der Waals surface area contributed by atoms with Crippen molar-refractivity contribution >= 4 is 32.6 Å². The molecule has 0 aliphatic rings. The number of hydrogen-bond donors (Lipinski definition) is 0. The van der Waals surface area contributed by atoms with Gasteiger partial charge in [-0.3, -0.25) is 4.79 Å². The molecule has 21 heavy (non-hydrogen) atoms. The van der Waals surface area contributed by atoms with E-state index in [1.165, 1.54) is 4.90 Å². The lowest BCUT2D eigenvalue weighted by atomic mass is 10.1. The van der Waals surface area contributed by atoms with Gasteiger partial charge in [-0.1, -0.05) is 28.1 Å². The molecule has 0 aliphatic heterocycles. The third-order valence-corrected chi connectivity index (χ3v) is 3.61. The van der Waals surface area contributed by atoms with E-state index in [-0.39, 0.29) is 12.5 Å². The Balaban J connectivity index is 1.99. The molecule has 108 valence electrons. The predicted molar refractivity (Wildman–Crippen MR) is 85.0 cm³/mol. The van der Waals surface area contributed by atoms with Crippen molar-refractivity contribution < 1.29 is 9.53 Å². The first-order valence-corrected chi connectivity index (χ1v) is 7.32. The molecule has 2 rings (SSSR count). The monoisotopic (exact) mass is 346 g/mol. The van der Waals surface area contributed by atoms with Crippen molar-refractivity contribution in [2.75, 3.05) is 20.2 Å². The second kappa shape index (κ2) is 7.09. The number of halogens is 1. The summed E-state index contributed by atoms with van der Waals surface area (Å²) in [5.41, 5.74) is 0. The number of carbonyl (C=O) groups is 1. The van der Waals surface area contributed by atoms with Crippen molar-refractivity contribution in [3.8, 4) is 11.8 Å². The fourth-order valence-corrected chi connectivity index (χ4v) is 2.26. The van der Waals surface area contributed by atoms with E-state index >= 15 is 0 Å². The van der Waals surface area contributed by atoms with Crippen LogP contribution in [0.1, 0.15) is 6.42 Å². The van der Waals surface area contributed by atoms with Gasteiger partial charge in [0.1, 0.15) is 5.75 Å². The van der Waals surface area contributed by atoms with Crippen molar-refractivity contribution in [2.45, 2.75) is 6.42 Å². The zero-order valence-corrected chi connectivity index (χ0v) is 13.3. The molecule has 0 spiro atoms. The molecule has 5 heteroatoms. The first-order valence-electron chi connectivity index (χ1n) is 6.53. The minimum absolute atomic E-state index is 0.0238. The van der Waals surface area contributed by atoms with Crippen LogP contribution in [-0.4, -0.2) is 31.0 Å². The lowest BCUT2D eigenvalue weighted by Crippen LogP contribution is -2.32.